The molecule has 1 aliphatic heterocycles. The zero-order valence-electron chi connectivity index (χ0n) is 24.2. The number of carbonyl (C=O) groups is 2. The number of ether oxygens (including phenoxy) is 2. The molecule has 2 aromatic carbocycles. The second-order valence-electron chi connectivity index (χ2n) is 13.1. The lowest BCUT2D eigenvalue weighted by Gasteiger charge is -2.46. The maximum atomic E-state index is 13.6. The summed E-state index contributed by atoms with van der Waals surface area (Å²) in [6, 6.07) is 16.4. The van der Waals surface area contributed by atoms with E-state index in [1.165, 1.54) is 11.1 Å². The number of epoxide rings is 1. The highest BCUT2D eigenvalue weighted by molar-refractivity contribution is 5.79. The number of aliphatic hydroxyl groups excluding tert-OH is 1. The molecule has 0 spiro atoms. The third-order valence-electron chi connectivity index (χ3n) is 11.1. The average Bonchev–Trinajstić information content (AvgIpc) is 3.57. The number of aliphatic hydroxyl groups is 1. The summed E-state index contributed by atoms with van der Waals surface area (Å²) in [5.41, 5.74) is 1.96. The van der Waals surface area contributed by atoms with Gasteiger partial charge in [-0.15, -0.1) is 0 Å². The van der Waals surface area contributed by atoms with Crippen molar-refractivity contribution in [2.45, 2.75) is 95.7 Å². The molecule has 2 saturated carbocycles. The maximum Gasteiger partial charge on any atom is 0.337 e. The minimum atomic E-state index is -1.56. The van der Waals surface area contributed by atoms with Crippen LogP contribution in [0.2, 0.25) is 0 Å². The molecule has 2 amide bonds. The summed E-state index contributed by atoms with van der Waals surface area (Å²) in [7, 11) is 0. The molecule has 40 heavy (non-hydrogen) atoms. The van der Waals surface area contributed by atoms with Crippen LogP contribution in [-0.2, 0) is 19.9 Å². The van der Waals surface area contributed by atoms with E-state index in [9.17, 15) is 14.7 Å². The Bertz CT molecular complexity index is 1310. The van der Waals surface area contributed by atoms with Crippen LogP contribution in [0.3, 0.4) is 0 Å². The van der Waals surface area contributed by atoms with Gasteiger partial charge >= 0.3 is 12.0 Å². The molecule has 3 unspecified atom stereocenters. The van der Waals surface area contributed by atoms with Crippen molar-refractivity contribution < 1.29 is 24.2 Å². The molecule has 7 nitrogen and oxygen atoms in total. The second-order valence-corrected chi connectivity index (χ2v) is 13.1. The van der Waals surface area contributed by atoms with Gasteiger partial charge in [-0.05, 0) is 47.3 Å². The summed E-state index contributed by atoms with van der Waals surface area (Å²) >= 11 is 0. The molecule has 4 aliphatic rings. The fourth-order valence-electron chi connectivity index (χ4n) is 8.83. The van der Waals surface area contributed by atoms with E-state index >= 15 is 0 Å². The standard InChI is InChI=1S/C33H42N2O5/c1-6-7-17-34-29(38)35-26(21-13-9-8-10-14-21)27(36)28(37)39-25-18-24-30(3,4)31(25,5)32-19-20(2)22-15-11-12-16-23(22)33(24,32)40-32/h8-16,20,24-27,36H,6-7,17-19H2,1-5H3,(H2,34,35,38)/t20-,24?,25?,26-,27+,31?,32-,33+/m0/s1. The quantitative estimate of drug-likeness (QED) is 0.236. The van der Waals surface area contributed by atoms with Gasteiger partial charge in [0, 0.05) is 17.9 Å². The molecule has 3 fully saturated rings. The van der Waals surface area contributed by atoms with E-state index in [1.807, 2.05) is 25.1 Å². The Morgan fingerprint density at radius 2 is 1.80 bits per heavy atom. The van der Waals surface area contributed by atoms with Crippen LogP contribution in [-0.4, -0.2) is 41.5 Å². The van der Waals surface area contributed by atoms with Crippen molar-refractivity contribution in [2.24, 2.45) is 16.7 Å². The molecule has 3 aliphatic carbocycles. The number of benzene rings is 2. The summed E-state index contributed by atoms with van der Waals surface area (Å²) in [5, 5.41) is 16.9. The van der Waals surface area contributed by atoms with E-state index in [2.05, 4.69) is 62.6 Å². The van der Waals surface area contributed by atoms with E-state index in [1.54, 1.807) is 12.1 Å². The summed E-state index contributed by atoms with van der Waals surface area (Å²) in [5.74, 6) is -0.205. The van der Waals surface area contributed by atoms with Gasteiger partial charge in [0.2, 0.25) is 0 Å². The highest BCUT2D eigenvalue weighted by Gasteiger charge is 2.95. The van der Waals surface area contributed by atoms with Crippen LogP contribution in [0.25, 0.3) is 0 Å². The highest BCUT2D eigenvalue weighted by atomic mass is 16.6. The largest absolute Gasteiger partial charge is 0.460 e. The Morgan fingerprint density at radius 1 is 1.10 bits per heavy atom. The Morgan fingerprint density at radius 3 is 2.52 bits per heavy atom. The summed E-state index contributed by atoms with van der Waals surface area (Å²) in [4.78, 5) is 26.3. The Kier molecular flexibility index (Phi) is 6.35. The first-order valence-electron chi connectivity index (χ1n) is 14.8. The summed E-state index contributed by atoms with van der Waals surface area (Å²) < 4.78 is 13.1. The van der Waals surface area contributed by atoms with Crippen LogP contribution in [0.4, 0.5) is 4.79 Å². The van der Waals surface area contributed by atoms with Gasteiger partial charge in [0.05, 0.1) is 6.04 Å². The average molecular weight is 547 g/mol. The Balaban J connectivity index is 1.26. The zero-order valence-corrected chi connectivity index (χ0v) is 24.2. The van der Waals surface area contributed by atoms with E-state index in [4.69, 9.17) is 9.47 Å². The predicted molar refractivity (Wildman–Crippen MR) is 151 cm³/mol. The number of fused-ring (bicyclic) bond motifs is 3. The van der Waals surface area contributed by atoms with Gasteiger partial charge in [-0.25, -0.2) is 9.59 Å². The number of hydrogen-bond acceptors (Lipinski definition) is 5. The number of hydrogen-bond donors (Lipinski definition) is 3. The van der Waals surface area contributed by atoms with Gasteiger partial charge in [-0.3, -0.25) is 0 Å². The second kappa shape index (κ2) is 9.31. The number of esters is 1. The molecule has 1 heterocycles. The minimum absolute atomic E-state index is 0.144. The van der Waals surface area contributed by atoms with Crippen LogP contribution < -0.4 is 10.6 Å². The van der Waals surface area contributed by atoms with Crippen molar-refractivity contribution in [3.8, 4) is 0 Å². The Labute approximate surface area is 237 Å². The molecule has 8 atom stereocenters. The molecular weight excluding hydrogens is 504 g/mol. The van der Waals surface area contributed by atoms with Gasteiger partial charge in [0.1, 0.15) is 17.3 Å². The van der Waals surface area contributed by atoms with E-state index in [-0.39, 0.29) is 16.9 Å². The maximum absolute atomic E-state index is 13.6. The number of urea groups is 1. The van der Waals surface area contributed by atoms with Crippen LogP contribution in [0.1, 0.15) is 89.0 Å². The molecule has 3 N–H and O–H groups in total. The molecule has 2 aromatic rings. The van der Waals surface area contributed by atoms with Crippen molar-refractivity contribution in [3.63, 3.8) is 0 Å². The summed E-state index contributed by atoms with van der Waals surface area (Å²) in [6.07, 6.45) is 1.39. The van der Waals surface area contributed by atoms with Crippen molar-refractivity contribution in [1.29, 1.82) is 0 Å². The fourth-order valence-corrected chi connectivity index (χ4v) is 8.83. The molecule has 7 heteroatoms. The zero-order chi connectivity index (χ0) is 28.5. The topological polar surface area (TPSA) is 100 Å². The molecule has 214 valence electrons. The van der Waals surface area contributed by atoms with Gasteiger partial charge in [-0.2, -0.15) is 0 Å². The van der Waals surface area contributed by atoms with E-state index in [0.717, 1.165) is 19.3 Å². The van der Waals surface area contributed by atoms with Crippen molar-refractivity contribution in [2.75, 3.05) is 6.54 Å². The van der Waals surface area contributed by atoms with Crippen molar-refractivity contribution in [1.82, 2.24) is 10.6 Å². The first-order chi connectivity index (χ1) is 19.0. The van der Waals surface area contributed by atoms with Crippen molar-refractivity contribution >= 4 is 12.0 Å². The van der Waals surface area contributed by atoms with Crippen LogP contribution in [0.15, 0.2) is 54.6 Å². The predicted octanol–water partition coefficient (Wildman–Crippen LogP) is 5.34. The van der Waals surface area contributed by atoms with Crippen LogP contribution in [0.5, 0.6) is 0 Å². The number of unbranched alkanes of at least 4 members (excludes halogenated alkanes) is 1. The number of amides is 2. The third-order valence-corrected chi connectivity index (χ3v) is 11.1. The minimum Gasteiger partial charge on any atom is -0.460 e. The van der Waals surface area contributed by atoms with Gasteiger partial charge < -0.3 is 25.2 Å². The van der Waals surface area contributed by atoms with E-state index < -0.39 is 41.3 Å². The monoisotopic (exact) mass is 546 g/mol. The number of rotatable bonds is 8. The SMILES string of the molecule is CCCCNC(=O)N[C@@H](c1ccccc1)[C@@H](O)C(=O)OC1CC2C(C)(C)C1(C)[C@@]13C[C@H](C)c4ccccc4[C@@]21O3. The molecule has 0 aromatic heterocycles. The molecule has 1 saturated heterocycles. The number of carbonyl (C=O) groups excluding carboxylic acids is 2. The molecule has 2 bridgehead atoms. The number of nitrogens with one attached hydrogen (secondary N) is 2. The first kappa shape index (κ1) is 27.3. The van der Waals surface area contributed by atoms with Crippen LogP contribution in [0, 0.1) is 16.7 Å². The third kappa shape index (κ3) is 3.43. The van der Waals surface area contributed by atoms with Gasteiger partial charge in [-0.1, -0.05) is 95.6 Å². The Hall–Kier alpha value is -2.90. The molecule has 6 rings (SSSR count). The fraction of sp³-hybridized carbons (Fsp3) is 0.576. The van der Waals surface area contributed by atoms with Crippen molar-refractivity contribution in [3.05, 3.63) is 71.3 Å². The highest BCUT2D eigenvalue weighted by Crippen LogP contribution is 2.89. The summed E-state index contributed by atoms with van der Waals surface area (Å²) in [6.45, 7) is 11.6. The lowest BCUT2D eigenvalue weighted by atomic mass is 9.58. The lowest BCUT2D eigenvalue weighted by molar-refractivity contribution is -0.172. The van der Waals surface area contributed by atoms with Gasteiger partial charge in [0.15, 0.2) is 6.10 Å². The molecular formula is C33H42N2O5. The first-order valence-corrected chi connectivity index (χ1v) is 14.8. The van der Waals surface area contributed by atoms with Crippen LogP contribution >= 0.6 is 0 Å². The smallest absolute Gasteiger partial charge is 0.337 e. The van der Waals surface area contributed by atoms with E-state index in [0.29, 0.717) is 24.4 Å². The normalized spacial score (nSPS) is 35.5. The lowest BCUT2D eigenvalue weighted by Crippen LogP contribution is -2.53. The molecule has 0 radical (unpaired) electrons. The van der Waals surface area contributed by atoms with Gasteiger partial charge in [0.25, 0.3) is 0 Å².